The van der Waals surface area contributed by atoms with E-state index < -0.39 is 0 Å². The second kappa shape index (κ2) is 5.20. The van der Waals surface area contributed by atoms with Crippen molar-refractivity contribution >= 4 is 5.69 Å². The van der Waals surface area contributed by atoms with E-state index in [-0.39, 0.29) is 0 Å². The van der Waals surface area contributed by atoms with Gasteiger partial charge in [-0.15, -0.1) is 0 Å². The van der Waals surface area contributed by atoms with Crippen LogP contribution < -0.4 is 9.64 Å². The molecular formula is C18H21NO. The fraction of sp³-hybridized carbons (Fsp3) is 0.333. The van der Waals surface area contributed by atoms with Crippen LogP contribution in [0.4, 0.5) is 5.69 Å². The molecule has 3 rings (SSSR count). The van der Waals surface area contributed by atoms with Crippen molar-refractivity contribution in [2.45, 2.75) is 19.8 Å². The van der Waals surface area contributed by atoms with Gasteiger partial charge in [0.05, 0.1) is 12.2 Å². The van der Waals surface area contributed by atoms with Gasteiger partial charge in [-0.25, -0.2) is 0 Å². The van der Waals surface area contributed by atoms with E-state index in [1.165, 1.54) is 22.4 Å². The molecule has 0 spiro atoms. The maximum absolute atomic E-state index is 5.83. The van der Waals surface area contributed by atoms with Crippen molar-refractivity contribution in [1.82, 2.24) is 0 Å². The van der Waals surface area contributed by atoms with Crippen molar-refractivity contribution < 1.29 is 4.74 Å². The molecule has 2 aromatic rings. The normalized spacial score (nSPS) is 14.1. The number of benzene rings is 2. The summed E-state index contributed by atoms with van der Waals surface area (Å²) in [6.07, 6.45) is 0. The fourth-order valence-electron chi connectivity index (χ4n) is 2.96. The maximum Gasteiger partial charge on any atom is 0.143 e. The van der Waals surface area contributed by atoms with E-state index in [0.717, 1.165) is 18.9 Å². The van der Waals surface area contributed by atoms with Crippen molar-refractivity contribution in [2.24, 2.45) is 0 Å². The smallest absolute Gasteiger partial charge is 0.143 e. The minimum absolute atomic E-state index is 0.462. The lowest BCUT2D eigenvalue weighted by molar-refractivity contribution is 0.310. The van der Waals surface area contributed by atoms with Crippen LogP contribution in [0.25, 0.3) is 11.1 Å². The molecule has 0 radical (unpaired) electrons. The lowest BCUT2D eigenvalue weighted by Crippen LogP contribution is -2.30. The van der Waals surface area contributed by atoms with E-state index >= 15 is 0 Å². The van der Waals surface area contributed by atoms with E-state index in [2.05, 4.69) is 68.3 Å². The molecule has 0 bridgehead atoms. The molecule has 1 heterocycles. The SMILES string of the molecule is CC(C)c1c(-c2ccccc2)ccc2c1N(C)CCO2. The number of likely N-dealkylation sites (N-methyl/N-ethyl adjacent to an activating group) is 1. The Morgan fingerprint density at radius 2 is 1.80 bits per heavy atom. The van der Waals surface area contributed by atoms with Gasteiger partial charge >= 0.3 is 0 Å². The third kappa shape index (κ3) is 2.15. The summed E-state index contributed by atoms with van der Waals surface area (Å²) in [5.74, 6) is 1.48. The average Bonchev–Trinajstić information content (AvgIpc) is 2.47. The van der Waals surface area contributed by atoms with E-state index in [4.69, 9.17) is 4.74 Å². The van der Waals surface area contributed by atoms with Crippen LogP contribution in [0.3, 0.4) is 0 Å². The summed E-state index contributed by atoms with van der Waals surface area (Å²) in [7, 11) is 2.15. The first kappa shape index (κ1) is 13.0. The number of rotatable bonds is 2. The molecule has 2 heteroatoms. The molecule has 1 aliphatic rings. The zero-order valence-corrected chi connectivity index (χ0v) is 12.4. The molecule has 1 aliphatic heterocycles. The van der Waals surface area contributed by atoms with Crippen LogP contribution in [-0.2, 0) is 0 Å². The minimum atomic E-state index is 0.462. The van der Waals surface area contributed by atoms with Gasteiger partial charge in [0, 0.05) is 7.05 Å². The van der Waals surface area contributed by atoms with Crippen molar-refractivity contribution in [1.29, 1.82) is 0 Å². The number of anilines is 1. The Balaban J connectivity index is 2.24. The predicted molar refractivity (Wildman–Crippen MR) is 84.7 cm³/mol. The second-order valence-electron chi connectivity index (χ2n) is 5.66. The zero-order valence-electron chi connectivity index (χ0n) is 12.4. The number of hydrogen-bond acceptors (Lipinski definition) is 2. The average molecular weight is 267 g/mol. The van der Waals surface area contributed by atoms with Gasteiger partial charge in [-0.2, -0.15) is 0 Å². The fourth-order valence-corrected chi connectivity index (χ4v) is 2.96. The summed E-state index contributed by atoms with van der Waals surface area (Å²) < 4.78 is 5.83. The summed E-state index contributed by atoms with van der Waals surface area (Å²) in [6, 6.07) is 14.9. The Labute approximate surface area is 121 Å². The second-order valence-corrected chi connectivity index (χ2v) is 5.66. The van der Waals surface area contributed by atoms with E-state index in [9.17, 15) is 0 Å². The zero-order chi connectivity index (χ0) is 14.1. The molecule has 0 aliphatic carbocycles. The van der Waals surface area contributed by atoms with Crippen LogP contribution in [0.1, 0.15) is 25.3 Å². The molecule has 0 atom stereocenters. The first-order valence-corrected chi connectivity index (χ1v) is 7.24. The van der Waals surface area contributed by atoms with Crippen molar-refractivity contribution in [3.63, 3.8) is 0 Å². The molecule has 0 fully saturated rings. The Morgan fingerprint density at radius 3 is 2.50 bits per heavy atom. The third-order valence-corrected chi connectivity index (χ3v) is 3.91. The van der Waals surface area contributed by atoms with Gasteiger partial charge < -0.3 is 9.64 Å². The Kier molecular flexibility index (Phi) is 3.39. The number of fused-ring (bicyclic) bond motifs is 1. The molecule has 0 saturated heterocycles. The Hall–Kier alpha value is -1.96. The molecule has 20 heavy (non-hydrogen) atoms. The largest absolute Gasteiger partial charge is 0.490 e. The standard InChI is InChI=1S/C18H21NO/c1-13(2)17-15(14-7-5-4-6-8-14)9-10-16-18(17)19(3)11-12-20-16/h4-10,13H,11-12H2,1-3H3. The van der Waals surface area contributed by atoms with Gasteiger partial charge in [-0.05, 0) is 28.7 Å². The molecule has 0 saturated carbocycles. The van der Waals surface area contributed by atoms with Crippen molar-refractivity contribution in [3.8, 4) is 16.9 Å². The van der Waals surface area contributed by atoms with Crippen molar-refractivity contribution in [2.75, 3.05) is 25.1 Å². The minimum Gasteiger partial charge on any atom is -0.490 e. The number of ether oxygens (including phenoxy) is 1. The quantitative estimate of drug-likeness (QED) is 0.804. The Bertz CT molecular complexity index is 604. The van der Waals surface area contributed by atoms with E-state index in [1.54, 1.807) is 0 Å². The third-order valence-electron chi connectivity index (χ3n) is 3.91. The molecule has 2 aromatic carbocycles. The highest BCUT2D eigenvalue weighted by atomic mass is 16.5. The highest BCUT2D eigenvalue weighted by Gasteiger charge is 2.23. The maximum atomic E-state index is 5.83. The van der Waals surface area contributed by atoms with E-state index in [0.29, 0.717) is 5.92 Å². The van der Waals surface area contributed by atoms with Crippen LogP contribution in [0, 0.1) is 0 Å². The summed E-state index contributed by atoms with van der Waals surface area (Å²) in [4.78, 5) is 2.32. The summed E-state index contributed by atoms with van der Waals surface area (Å²) in [5.41, 5.74) is 5.23. The molecule has 2 nitrogen and oxygen atoms in total. The first-order chi connectivity index (χ1) is 9.68. The van der Waals surface area contributed by atoms with Crippen LogP contribution in [-0.4, -0.2) is 20.2 Å². The molecule has 0 amide bonds. The van der Waals surface area contributed by atoms with Crippen molar-refractivity contribution in [3.05, 3.63) is 48.0 Å². The van der Waals surface area contributed by atoms with Crippen LogP contribution in [0.15, 0.2) is 42.5 Å². The van der Waals surface area contributed by atoms with Gasteiger partial charge in [-0.1, -0.05) is 50.2 Å². The highest BCUT2D eigenvalue weighted by molar-refractivity contribution is 5.79. The van der Waals surface area contributed by atoms with Gasteiger partial charge in [0.15, 0.2) is 0 Å². The number of nitrogens with zero attached hydrogens (tertiary/aromatic N) is 1. The summed E-state index contributed by atoms with van der Waals surface area (Å²) >= 11 is 0. The summed E-state index contributed by atoms with van der Waals surface area (Å²) in [5, 5.41) is 0. The van der Waals surface area contributed by atoms with Gasteiger partial charge in [0.25, 0.3) is 0 Å². The lowest BCUT2D eigenvalue weighted by Gasteiger charge is -2.32. The first-order valence-electron chi connectivity index (χ1n) is 7.24. The molecule has 0 unspecified atom stereocenters. The van der Waals surface area contributed by atoms with Crippen LogP contribution in [0.5, 0.6) is 5.75 Å². The molecule has 0 aromatic heterocycles. The monoisotopic (exact) mass is 267 g/mol. The highest BCUT2D eigenvalue weighted by Crippen LogP contribution is 2.43. The molecule has 0 N–H and O–H groups in total. The predicted octanol–water partition coefficient (Wildman–Crippen LogP) is 4.31. The lowest BCUT2D eigenvalue weighted by atomic mass is 9.90. The molecule has 104 valence electrons. The number of hydrogen-bond donors (Lipinski definition) is 0. The van der Waals surface area contributed by atoms with Gasteiger partial charge in [-0.3, -0.25) is 0 Å². The van der Waals surface area contributed by atoms with Crippen LogP contribution >= 0.6 is 0 Å². The van der Waals surface area contributed by atoms with Gasteiger partial charge in [0.2, 0.25) is 0 Å². The van der Waals surface area contributed by atoms with E-state index in [1.807, 2.05) is 0 Å². The topological polar surface area (TPSA) is 12.5 Å². The summed E-state index contributed by atoms with van der Waals surface area (Å²) in [6.45, 7) is 6.23. The Morgan fingerprint density at radius 1 is 1.05 bits per heavy atom. The molecular weight excluding hydrogens is 246 g/mol. The van der Waals surface area contributed by atoms with Crippen LogP contribution in [0.2, 0.25) is 0 Å². The van der Waals surface area contributed by atoms with Gasteiger partial charge in [0.1, 0.15) is 12.4 Å².